The summed E-state index contributed by atoms with van der Waals surface area (Å²) < 4.78 is 23.1. The predicted octanol–water partition coefficient (Wildman–Crippen LogP) is 6.60. The van der Waals surface area contributed by atoms with Crippen molar-refractivity contribution in [3.63, 3.8) is 0 Å². The number of benzene rings is 2. The van der Waals surface area contributed by atoms with Crippen LogP contribution in [0.2, 0.25) is 0 Å². The second-order valence-corrected chi connectivity index (χ2v) is 9.98. The molecule has 1 saturated carbocycles. The maximum atomic E-state index is 12.9. The fourth-order valence-electron chi connectivity index (χ4n) is 5.47. The van der Waals surface area contributed by atoms with Gasteiger partial charge in [-0.25, -0.2) is 0 Å². The van der Waals surface area contributed by atoms with Gasteiger partial charge in [-0.15, -0.1) is 0 Å². The zero-order chi connectivity index (χ0) is 27.1. The minimum Gasteiger partial charge on any atom is -0.490 e. The molecule has 1 aliphatic carbocycles. The van der Waals surface area contributed by atoms with E-state index >= 15 is 0 Å². The molecule has 2 aromatic rings. The Morgan fingerprint density at radius 1 is 1.03 bits per heavy atom. The van der Waals surface area contributed by atoms with Crippen molar-refractivity contribution in [2.45, 2.75) is 71.6 Å². The van der Waals surface area contributed by atoms with Gasteiger partial charge in [-0.05, 0) is 69.2 Å². The highest BCUT2D eigenvalue weighted by Crippen LogP contribution is 2.45. The molecule has 1 heterocycles. The SMILES string of the molecule is CCCCC1CCC(C(=O)Oc2ccc3c(c2)OC(N)=C(C#N)C3c2ccc(OCC)c(OCC)c2)CC1. The summed E-state index contributed by atoms with van der Waals surface area (Å²) in [5, 5.41) is 9.92. The number of nitrogens with zero attached hydrogens (tertiary/aromatic N) is 1. The van der Waals surface area contributed by atoms with Gasteiger partial charge in [0.25, 0.3) is 0 Å². The lowest BCUT2D eigenvalue weighted by Crippen LogP contribution is -2.26. The first-order valence-corrected chi connectivity index (χ1v) is 13.8. The first-order valence-electron chi connectivity index (χ1n) is 13.8. The summed E-state index contributed by atoms with van der Waals surface area (Å²) in [6, 6.07) is 13.1. The van der Waals surface area contributed by atoms with Gasteiger partial charge in [0.1, 0.15) is 23.1 Å². The molecule has 1 unspecified atom stereocenters. The van der Waals surface area contributed by atoms with Crippen LogP contribution >= 0.6 is 0 Å². The summed E-state index contributed by atoms with van der Waals surface area (Å²) >= 11 is 0. The smallest absolute Gasteiger partial charge is 0.314 e. The van der Waals surface area contributed by atoms with E-state index in [9.17, 15) is 10.1 Å². The molecule has 7 nitrogen and oxygen atoms in total. The second-order valence-electron chi connectivity index (χ2n) is 9.98. The molecule has 38 heavy (non-hydrogen) atoms. The molecule has 1 fully saturated rings. The summed E-state index contributed by atoms with van der Waals surface area (Å²) in [7, 11) is 0. The van der Waals surface area contributed by atoms with Crippen molar-refractivity contribution in [1.82, 2.24) is 0 Å². The summed E-state index contributed by atoms with van der Waals surface area (Å²) in [5.41, 5.74) is 8.09. The van der Waals surface area contributed by atoms with Gasteiger partial charge in [-0.3, -0.25) is 4.79 Å². The maximum absolute atomic E-state index is 12.9. The van der Waals surface area contributed by atoms with E-state index in [-0.39, 0.29) is 17.8 Å². The number of ether oxygens (including phenoxy) is 4. The lowest BCUT2D eigenvalue weighted by molar-refractivity contribution is -0.140. The van der Waals surface area contributed by atoms with Gasteiger partial charge in [-0.1, -0.05) is 38.3 Å². The van der Waals surface area contributed by atoms with E-state index in [1.807, 2.05) is 38.1 Å². The third-order valence-corrected chi connectivity index (χ3v) is 7.46. The molecule has 0 saturated heterocycles. The Morgan fingerprint density at radius 3 is 2.45 bits per heavy atom. The number of rotatable bonds is 10. The first-order chi connectivity index (χ1) is 18.5. The van der Waals surface area contributed by atoms with Gasteiger partial charge in [-0.2, -0.15) is 5.26 Å². The molecule has 0 amide bonds. The molecule has 202 valence electrons. The Bertz CT molecular complexity index is 1210. The quantitative estimate of drug-likeness (QED) is 0.279. The number of unbranched alkanes of at least 4 members (excludes halogenated alkanes) is 1. The van der Waals surface area contributed by atoms with Crippen molar-refractivity contribution in [1.29, 1.82) is 5.26 Å². The molecule has 7 heteroatoms. The molecule has 2 aliphatic rings. The third kappa shape index (κ3) is 6.07. The van der Waals surface area contributed by atoms with Crippen molar-refractivity contribution in [2.75, 3.05) is 13.2 Å². The Morgan fingerprint density at radius 2 is 1.76 bits per heavy atom. The normalized spacial score (nSPS) is 20.6. The van der Waals surface area contributed by atoms with Crippen LogP contribution in [0.1, 0.15) is 82.8 Å². The van der Waals surface area contributed by atoms with Crippen LogP contribution < -0.4 is 24.7 Å². The zero-order valence-electron chi connectivity index (χ0n) is 22.6. The Labute approximate surface area is 225 Å². The van der Waals surface area contributed by atoms with E-state index in [0.717, 1.165) is 42.7 Å². The highest BCUT2D eigenvalue weighted by molar-refractivity contribution is 5.75. The maximum Gasteiger partial charge on any atom is 0.314 e. The summed E-state index contributed by atoms with van der Waals surface area (Å²) in [5.74, 6) is 2.15. The van der Waals surface area contributed by atoms with Crippen LogP contribution in [-0.4, -0.2) is 19.2 Å². The topological polar surface area (TPSA) is 104 Å². The minimum absolute atomic E-state index is 0.0331. The highest BCUT2D eigenvalue weighted by Gasteiger charge is 2.32. The number of nitriles is 1. The largest absolute Gasteiger partial charge is 0.490 e. The van der Waals surface area contributed by atoms with Gasteiger partial charge in [0.05, 0.1) is 25.0 Å². The van der Waals surface area contributed by atoms with Crippen molar-refractivity contribution in [3.05, 3.63) is 59.0 Å². The number of carbonyl (C=O) groups excluding carboxylic acids is 1. The third-order valence-electron chi connectivity index (χ3n) is 7.46. The standard InChI is InChI=1S/C31H38N2O5/c1-4-7-8-20-9-11-21(12-10-20)31(34)37-23-14-15-24-27(18-23)38-30(33)25(19-32)29(24)22-13-16-26(35-5-2)28(17-22)36-6-3/h13-18,20-21,29H,4-12,33H2,1-3H3. The lowest BCUT2D eigenvalue weighted by atomic mass is 9.80. The van der Waals surface area contributed by atoms with E-state index < -0.39 is 5.92 Å². The molecular weight excluding hydrogens is 480 g/mol. The van der Waals surface area contributed by atoms with Crippen molar-refractivity contribution >= 4 is 5.97 Å². The van der Waals surface area contributed by atoms with E-state index in [1.165, 1.54) is 19.3 Å². The van der Waals surface area contributed by atoms with Crippen LogP contribution in [0.15, 0.2) is 47.9 Å². The van der Waals surface area contributed by atoms with Crippen LogP contribution in [0.4, 0.5) is 0 Å². The highest BCUT2D eigenvalue weighted by atomic mass is 16.5. The van der Waals surface area contributed by atoms with E-state index in [2.05, 4.69) is 13.0 Å². The van der Waals surface area contributed by atoms with Crippen LogP contribution in [-0.2, 0) is 4.79 Å². The average molecular weight is 519 g/mol. The Kier molecular flexibility index (Phi) is 9.17. The van der Waals surface area contributed by atoms with Gasteiger partial charge >= 0.3 is 5.97 Å². The van der Waals surface area contributed by atoms with E-state index in [1.54, 1.807) is 12.1 Å². The molecule has 4 rings (SSSR count). The molecule has 2 aromatic carbocycles. The number of allylic oxidation sites excluding steroid dienone is 1. The minimum atomic E-state index is -0.457. The molecule has 2 N–H and O–H groups in total. The number of carbonyl (C=O) groups is 1. The lowest BCUT2D eigenvalue weighted by Gasteiger charge is -2.28. The van der Waals surface area contributed by atoms with Gasteiger partial charge < -0.3 is 24.7 Å². The van der Waals surface area contributed by atoms with E-state index in [0.29, 0.717) is 41.8 Å². The van der Waals surface area contributed by atoms with Crippen LogP contribution in [0.3, 0.4) is 0 Å². The zero-order valence-corrected chi connectivity index (χ0v) is 22.6. The van der Waals surface area contributed by atoms with Crippen LogP contribution in [0.5, 0.6) is 23.0 Å². The summed E-state index contributed by atoms with van der Waals surface area (Å²) in [6.45, 7) is 7.03. The number of nitrogens with two attached hydrogens (primary N) is 1. The molecule has 1 atom stereocenters. The van der Waals surface area contributed by atoms with Gasteiger partial charge in [0, 0.05) is 11.6 Å². The van der Waals surface area contributed by atoms with Gasteiger partial charge in [0.15, 0.2) is 11.5 Å². The number of hydrogen-bond acceptors (Lipinski definition) is 7. The summed E-state index contributed by atoms with van der Waals surface area (Å²) in [6.07, 6.45) is 7.63. The molecule has 0 aromatic heterocycles. The predicted molar refractivity (Wildman–Crippen MR) is 145 cm³/mol. The monoisotopic (exact) mass is 518 g/mol. The average Bonchev–Trinajstić information content (AvgIpc) is 2.92. The Balaban J connectivity index is 1.55. The molecular formula is C31H38N2O5. The Hall–Kier alpha value is -3.66. The molecule has 0 bridgehead atoms. The van der Waals surface area contributed by atoms with Crippen molar-refractivity contribution < 1.29 is 23.7 Å². The van der Waals surface area contributed by atoms with Crippen LogP contribution in [0.25, 0.3) is 0 Å². The fraction of sp³-hybridized carbons (Fsp3) is 0.484. The molecule has 0 radical (unpaired) electrons. The fourth-order valence-corrected chi connectivity index (χ4v) is 5.47. The second kappa shape index (κ2) is 12.7. The molecule has 1 aliphatic heterocycles. The first kappa shape index (κ1) is 27.4. The van der Waals surface area contributed by atoms with Crippen LogP contribution in [0, 0.1) is 23.2 Å². The van der Waals surface area contributed by atoms with E-state index in [4.69, 9.17) is 24.7 Å². The number of esters is 1. The summed E-state index contributed by atoms with van der Waals surface area (Å²) in [4.78, 5) is 12.9. The van der Waals surface area contributed by atoms with Gasteiger partial charge in [0.2, 0.25) is 5.88 Å². The number of hydrogen-bond donors (Lipinski definition) is 1. The number of fused-ring (bicyclic) bond motifs is 1. The molecule has 0 spiro atoms. The van der Waals surface area contributed by atoms with Crippen molar-refractivity contribution in [3.8, 4) is 29.1 Å². The van der Waals surface area contributed by atoms with Crippen molar-refractivity contribution in [2.24, 2.45) is 17.6 Å².